The predicted octanol–water partition coefficient (Wildman–Crippen LogP) is 7.02. The number of ether oxygens (including phenoxy) is 2. The molecule has 9 nitrogen and oxygen atoms in total. The number of methoxy groups -OCH3 is 1. The molecule has 2 amide bonds. The molecule has 3 fully saturated rings. The topological polar surface area (TPSA) is 124 Å². The summed E-state index contributed by atoms with van der Waals surface area (Å²) in [4.78, 5) is 42.6. The van der Waals surface area contributed by atoms with Crippen molar-refractivity contribution in [3.63, 3.8) is 0 Å². The van der Waals surface area contributed by atoms with Crippen LogP contribution in [0.15, 0.2) is 28.7 Å². The average Bonchev–Trinajstić information content (AvgIpc) is 3.73. The SMILES string of the molecule is CCCCCCOC(=O)c1cc2cc(NC(=O)[C@@H]3[C@H](C4CCC(OC)CC4)CCN3C(=O)C3CCC([C@H](N)CCF)CC3)ccc2o1. The summed E-state index contributed by atoms with van der Waals surface area (Å²) in [6.45, 7) is 2.64. The molecular weight excluding hydrogens is 601 g/mol. The molecule has 0 unspecified atom stereocenters. The van der Waals surface area contributed by atoms with Crippen molar-refractivity contribution in [1.82, 2.24) is 4.90 Å². The Balaban J connectivity index is 1.28. The first-order chi connectivity index (χ1) is 22.8. The lowest BCUT2D eigenvalue weighted by Crippen LogP contribution is -2.50. The van der Waals surface area contributed by atoms with E-state index < -0.39 is 18.7 Å². The number of nitrogens with one attached hydrogen (secondary N) is 1. The first kappa shape index (κ1) is 35.3. The van der Waals surface area contributed by atoms with Crippen molar-refractivity contribution in [2.24, 2.45) is 29.4 Å². The van der Waals surface area contributed by atoms with Crippen molar-refractivity contribution < 1.29 is 32.7 Å². The fraction of sp³-hybridized carbons (Fsp3) is 0.703. The predicted molar refractivity (Wildman–Crippen MR) is 180 cm³/mol. The number of unbranched alkanes of at least 4 members (excludes halogenated alkanes) is 3. The van der Waals surface area contributed by atoms with Gasteiger partial charge in [-0.05, 0) is 113 Å². The van der Waals surface area contributed by atoms with Crippen LogP contribution in [-0.4, -0.2) is 67.8 Å². The van der Waals surface area contributed by atoms with Gasteiger partial charge in [-0.3, -0.25) is 14.0 Å². The van der Waals surface area contributed by atoms with Gasteiger partial charge in [0.05, 0.1) is 19.4 Å². The van der Waals surface area contributed by atoms with Gasteiger partial charge in [-0.25, -0.2) is 4.79 Å². The maximum atomic E-state index is 14.2. The molecular formula is C37H54FN3O6. The minimum Gasteiger partial charge on any atom is -0.460 e. The zero-order chi connectivity index (χ0) is 33.3. The lowest BCUT2D eigenvalue weighted by atomic mass is 9.75. The number of nitrogens with zero attached hydrogens (tertiary/aromatic N) is 1. The van der Waals surface area contributed by atoms with E-state index in [-0.39, 0.29) is 47.5 Å². The number of fused-ring (bicyclic) bond motifs is 1. The van der Waals surface area contributed by atoms with Gasteiger partial charge in [-0.1, -0.05) is 26.2 Å². The molecule has 260 valence electrons. The molecule has 2 aliphatic carbocycles. The van der Waals surface area contributed by atoms with E-state index >= 15 is 0 Å². The summed E-state index contributed by atoms with van der Waals surface area (Å²) in [5.41, 5.74) is 7.34. The molecule has 2 heterocycles. The minimum absolute atomic E-state index is 0.0545. The number of carbonyl (C=O) groups excluding carboxylic acids is 3. The van der Waals surface area contributed by atoms with Gasteiger partial charge >= 0.3 is 5.97 Å². The lowest BCUT2D eigenvalue weighted by Gasteiger charge is -2.37. The molecule has 2 aromatic rings. The molecule has 1 aromatic heterocycles. The Morgan fingerprint density at radius 2 is 1.79 bits per heavy atom. The van der Waals surface area contributed by atoms with Crippen molar-refractivity contribution in [2.45, 2.75) is 115 Å². The third-order valence-corrected chi connectivity index (χ3v) is 11.0. The Morgan fingerprint density at radius 1 is 1.02 bits per heavy atom. The molecule has 0 radical (unpaired) electrons. The van der Waals surface area contributed by atoms with E-state index in [1.165, 1.54) is 0 Å². The lowest BCUT2D eigenvalue weighted by molar-refractivity contribution is -0.142. The van der Waals surface area contributed by atoms with Crippen LogP contribution in [0, 0.1) is 23.7 Å². The Hall–Kier alpha value is -2.98. The summed E-state index contributed by atoms with van der Waals surface area (Å²) in [6, 6.07) is 6.24. The highest BCUT2D eigenvalue weighted by Gasteiger charge is 2.47. The molecule has 3 N–H and O–H groups in total. The van der Waals surface area contributed by atoms with Crippen LogP contribution >= 0.6 is 0 Å². The number of esters is 1. The standard InChI is InChI=1S/C37H54FN3O6/c1-3-4-5-6-21-46-37(44)33-23-27-22-28(13-16-32(27)47-33)40-35(42)34-30(24-11-14-29(45-2)15-12-24)18-20-41(34)36(43)26-9-7-25(8-10-26)31(39)17-19-38/h13,16,22-26,29-31,34H,3-12,14-15,17-21,39H2,1-2H3,(H,40,42)/t24?,25?,26?,29?,30-,31+,34-/m0/s1. The van der Waals surface area contributed by atoms with Crippen LogP contribution in [0.1, 0.15) is 107 Å². The summed E-state index contributed by atoms with van der Waals surface area (Å²) >= 11 is 0. The fourth-order valence-corrected chi connectivity index (χ4v) is 8.24. The van der Waals surface area contributed by atoms with Gasteiger partial charge in [0.15, 0.2) is 0 Å². The van der Waals surface area contributed by atoms with E-state index in [2.05, 4.69) is 12.2 Å². The zero-order valence-electron chi connectivity index (χ0n) is 28.2. The number of amides is 2. The normalized spacial score (nSPS) is 27.1. The minimum atomic E-state index is -0.559. The monoisotopic (exact) mass is 655 g/mol. The number of nitrogens with two attached hydrogens (primary N) is 1. The Kier molecular flexibility index (Phi) is 12.7. The molecule has 10 heteroatoms. The number of likely N-dealkylation sites (tertiary alicyclic amines) is 1. The van der Waals surface area contributed by atoms with Gasteiger partial charge in [0.2, 0.25) is 17.6 Å². The molecule has 47 heavy (non-hydrogen) atoms. The zero-order valence-corrected chi connectivity index (χ0v) is 28.2. The van der Waals surface area contributed by atoms with Crippen LogP contribution in [0.25, 0.3) is 11.0 Å². The maximum absolute atomic E-state index is 14.2. The molecule has 2 saturated carbocycles. The summed E-state index contributed by atoms with van der Waals surface area (Å²) in [5.74, 6) is 0.0309. The number of rotatable bonds is 14. The summed E-state index contributed by atoms with van der Waals surface area (Å²) in [5, 5.41) is 3.81. The number of anilines is 1. The molecule has 0 bridgehead atoms. The molecule has 0 spiro atoms. The number of hydrogen-bond donors (Lipinski definition) is 2. The van der Waals surface area contributed by atoms with Gasteiger partial charge < -0.3 is 29.8 Å². The third-order valence-electron chi connectivity index (χ3n) is 11.0. The summed E-state index contributed by atoms with van der Waals surface area (Å²) < 4.78 is 29.6. The molecule has 3 aliphatic rings. The number of benzene rings is 1. The number of alkyl halides is 1. The second-order valence-corrected chi connectivity index (χ2v) is 14.0. The number of halogens is 1. The fourth-order valence-electron chi connectivity index (χ4n) is 8.24. The van der Waals surface area contributed by atoms with E-state index in [4.69, 9.17) is 19.6 Å². The highest BCUT2D eigenvalue weighted by molar-refractivity contribution is 6.00. The molecule has 1 saturated heterocycles. The Bertz CT molecular complexity index is 1330. The number of furan rings is 1. The third kappa shape index (κ3) is 8.74. The smallest absolute Gasteiger partial charge is 0.374 e. The first-order valence-corrected chi connectivity index (χ1v) is 18.0. The average molecular weight is 656 g/mol. The van der Waals surface area contributed by atoms with E-state index in [0.717, 1.165) is 83.5 Å². The Morgan fingerprint density at radius 3 is 2.49 bits per heavy atom. The van der Waals surface area contributed by atoms with Gasteiger partial charge in [0, 0.05) is 36.7 Å². The van der Waals surface area contributed by atoms with Gasteiger partial charge in [0.1, 0.15) is 11.6 Å². The quantitative estimate of drug-likeness (QED) is 0.166. The van der Waals surface area contributed by atoms with E-state index in [9.17, 15) is 18.8 Å². The first-order valence-electron chi connectivity index (χ1n) is 18.0. The highest BCUT2D eigenvalue weighted by atomic mass is 19.1. The summed E-state index contributed by atoms with van der Waals surface area (Å²) in [6.07, 6.45) is 12.4. The van der Waals surface area contributed by atoms with Crippen LogP contribution in [-0.2, 0) is 19.1 Å². The van der Waals surface area contributed by atoms with Crippen molar-refractivity contribution in [2.75, 3.05) is 32.3 Å². The van der Waals surface area contributed by atoms with Crippen molar-refractivity contribution in [1.29, 1.82) is 0 Å². The maximum Gasteiger partial charge on any atom is 0.374 e. The van der Waals surface area contributed by atoms with Crippen LogP contribution < -0.4 is 11.1 Å². The second-order valence-electron chi connectivity index (χ2n) is 14.0. The molecule has 5 rings (SSSR count). The van der Waals surface area contributed by atoms with Crippen LogP contribution in [0.5, 0.6) is 0 Å². The van der Waals surface area contributed by atoms with Crippen LogP contribution in [0.2, 0.25) is 0 Å². The van der Waals surface area contributed by atoms with Gasteiger partial charge in [0.25, 0.3) is 0 Å². The van der Waals surface area contributed by atoms with Crippen LogP contribution in [0.4, 0.5) is 10.1 Å². The highest BCUT2D eigenvalue weighted by Crippen LogP contribution is 2.42. The van der Waals surface area contributed by atoms with Crippen molar-refractivity contribution in [3.05, 3.63) is 30.0 Å². The van der Waals surface area contributed by atoms with Crippen molar-refractivity contribution in [3.8, 4) is 0 Å². The van der Waals surface area contributed by atoms with Gasteiger partial charge in [-0.2, -0.15) is 0 Å². The largest absolute Gasteiger partial charge is 0.460 e. The van der Waals surface area contributed by atoms with Gasteiger partial charge in [-0.15, -0.1) is 0 Å². The van der Waals surface area contributed by atoms with E-state index in [1.807, 2.05) is 4.90 Å². The second kappa shape index (κ2) is 16.9. The summed E-state index contributed by atoms with van der Waals surface area (Å²) in [7, 11) is 1.76. The molecule has 1 aromatic carbocycles. The van der Waals surface area contributed by atoms with Crippen LogP contribution in [0.3, 0.4) is 0 Å². The van der Waals surface area contributed by atoms with E-state index in [1.54, 1.807) is 31.4 Å². The number of hydrogen-bond acceptors (Lipinski definition) is 7. The van der Waals surface area contributed by atoms with E-state index in [0.29, 0.717) is 42.1 Å². The number of carbonyl (C=O) groups is 3. The Labute approximate surface area is 278 Å². The van der Waals surface area contributed by atoms with Crippen molar-refractivity contribution >= 4 is 34.4 Å². The molecule has 1 aliphatic heterocycles. The molecule has 3 atom stereocenters.